The number of nitrogens with one attached hydrogen (secondary N) is 1. The summed E-state index contributed by atoms with van der Waals surface area (Å²) >= 11 is 0. The number of quaternary nitrogens is 1. The lowest BCUT2D eigenvalue weighted by Gasteiger charge is -2.40. The summed E-state index contributed by atoms with van der Waals surface area (Å²) in [6.45, 7) is 5.97. The Hall–Kier alpha value is -5.50. The molecule has 0 spiro atoms. The third kappa shape index (κ3) is 7.41. The number of fused-ring (bicyclic) bond motifs is 1. The number of phenolic OH excluding ortho intramolecular Hbond substituents is 1. The zero-order valence-electron chi connectivity index (χ0n) is 29.9. The second-order valence-corrected chi connectivity index (χ2v) is 13.7. The molecule has 2 amide bonds. The van der Waals surface area contributed by atoms with E-state index in [-0.39, 0.29) is 35.8 Å². The van der Waals surface area contributed by atoms with E-state index in [1.54, 1.807) is 35.2 Å². The summed E-state index contributed by atoms with van der Waals surface area (Å²) in [4.78, 5) is 35.3. The molecule has 0 saturated carbocycles. The number of hydrogen-bond donors (Lipinski definition) is 4. The zero-order chi connectivity index (χ0) is 37.2. The van der Waals surface area contributed by atoms with Crippen LogP contribution in [0.15, 0.2) is 97.1 Å². The van der Waals surface area contributed by atoms with Crippen molar-refractivity contribution in [1.29, 1.82) is 0 Å². The van der Waals surface area contributed by atoms with Gasteiger partial charge in [0.2, 0.25) is 0 Å². The highest BCUT2D eigenvalue weighted by molar-refractivity contribution is 6.08. The minimum atomic E-state index is -1.12. The summed E-state index contributed by atoms with van der Waals surface area (Å²) in [6, 6.07) is 28.1. The molecule has 1 aromatic heterocycles. The first-order valence-electron chi connectivity index (χ1n) is 17.7. The second-order valence-electron chi connectivity index (χ2n) is 13.7. The number of hydrogen-bond acceptors (Lipinski definition) is 8. The van der Waals surface area contributed by atoms with Gasteiger partial charge in [0, 0.05) is 85.3 Å². The van der Waals surface area contributed by atoms with Gasteiger partial charge in [-0.15, -0.1) is 0 Å². The summed E-state index contributed by atoms with van der Waals surface area (Å²) in [7, 11) is 1.81. The largest absolute Gasteiger partial charge is 0.595 e. The number of para-hydroxylation sites is 1. The zero-order valence-corrected chi connectivity index (χ0v) is 29.9. The Morgan fingerprint density at radius 2 is 1.64 bits per heavy atom. The van der Waals surface area contributed by atoms with Crippen LogP contribution in [0.5, 0.6) is 5.75 Å². The standard InChI is InChI=1S/C41H44N6O6/c1-27-36(41(50)45(31-11-14-34(48)15-12-31)25-30-9-5-6-10-38(30)42)23-39(43(27)2)37-22-32(47(51)52)13-16-35(37)40(49)46-24-29-8-4-3-7-28(29)21-33(46)26-44-17-19-53-20-18-44/h3-16,22-23,33,47-48,51H,17-21,24-26,42H2,1-2H3/t33-/m0/s1. The number of benzene rings is 4. The Morgan fingerprint density at radius 3 is 2.36 bits per heavy atom. The van der Waals surface area contributed by atoms with Gasteiger partial charge in [-0.1, -0.05) is 42.5 Å². The SMILES string of the molecule is Cc1c(C(=O)N(Cc2ccccc2N)c2ccc(O)cc2)cc(-c2cc([NH+]([O-])O)ccc2C(=O)N2Cc3ccccc3C[C@H]2CN2CCOCC2)n1C. The summed E-state index contributed by atoms with van der Waals surface area (Å²) in [5, 5.41) is 31.2. The number of carbonyl (C=O) groups is 2. The molecule has 2 aliphatic rings. The van der Waals surface area contributed by atoms with E-state index in [1.165, 1.54) is 29.8 Å². The van der Waals surface area contributed by atoms with Gasteiger partial charge in [0.15, 0.2) is 5.69 Å². The van der Waals surface area contributed by atoms with E-state index in [4.69, 9.17) is 10.5 Å². The van der Waals surface area contributed by atoms with Gasteiger partial charge >= 0.3 is 0 Å². The van der Waals surface area contributed by atoms with Gasteiger partial charge in [-0.2, -0.15) is 5.23 Å². The van der Waals surface area contributed by atoms with Crippen molar-refractivity contribution in [2.24, 2.45) is 7.05 Å². The van der Waals surface area contributed by atoms with Crippen LogP contribution in [0, 0.1) is 12.1 Å². The van der Waals surface area contributed by atoms with Crippen molar-refractivity contribution in [2.75, 3.05) is 43.5 Å². The molecule has 7 rings (SSSR count). The number of rotatable bonds is 9. The Labute approximate surface area is 308 Å². The number of nitrogens with zero attached hydrogens (tertiary/aromatic N) is 4. The van der Waals surface area contributed by atoms with E-state index in [1.807, 2.05) is 53.8 Å². The third-order valence-electron chi connectivity index (χ3n) is 10.5. The van der Waals surface area contributed by atoms with Crippen LogP contribution in [0.2, 0.25) is 0 Å². The van der Waals surface area contributed by atoms with Crippen molar-refractivity contribution in [1.82, 2.24) is 14.4 Å². The van der Waals surface area contributed by atoms with E-state index in [0.717, 1.165) is 24.2 Å². The average Bonchev–Trinajstić information content (AvgIpc) is 3.47. The lowest BCUT2D eigenvalue weighted by Crippen LogP contribution is -2.99. The molecule has 0 aliphatic carbocycles. The first-order chi connectivity index (χ1) is 25.6. The van der Waals surface area contributed by atoms with Crippen molar-refractivity contribution in [3.8, 4) is 17.0 Å². The van der Waals surface area contributed by atoms with Crippen molar-refractivity contribution >= 4 is 28.9 Å². The van der Waals surface area contributed by atoms with Crippen LogP contribution >= 0.6 is 0 Å². The van der Waals surface area contributed by atoms with Gasteiger partial charge in [0.25, 0.3) is 11.8 Å². The van der Waals surface area contributed by atoms with Crippen LogP contribution in [0.1, 0.15) is 43.1 Å². The van der Waals surface area contributed by atoms with E-state index in [2.05, 4.69) is 17.0 Å². The Balaban J connectivity index is 1.29. The number of phenols is 1. The maximum atomic E-state index is 14.8. The van der Waals surface area contributed by atoms with Crippen LogP contribution in [0.4, 0.5) is 17.1 Å². The molecule has 1 unspecified atom stereocenters. The van der Waals surface area contributed by atoms with Crippen molar-refractivity contribution in [2.45, 2.75) is 32.5 Å². The topological polar surface area (TPSA) is 152 Å². The number of nitrogen functional groups attached to an aromatic ring is 1. The Kier molecular flexibility index (Phi) is 10.3. The molecule has 5 aromatic rings. The lowest BCUT2D eigenvalue weighted by atomic mass is 9.92. The van der Waals surface area contributed by atoms with Crippen molar-refractivity contribution < 1.29 is 29.9 Å². The molecule has 5 N–H and O–H groups in total. The normalized spacial score (nSPS) is 16.6. The first-order valence-corrected chi connectivity index (χ1v) is 17.7. The van der Waals surface area contributed by atoms with Gasteiger partial charge in [0.1, 0.15) is 5.75 Å². The van der Waals surface area contributed by atoms with Gasteiger partial charge in [-0.05, 0) is 72.5 Å². The fourth-order valence-electron chi connectivity index (χ4n) is 7.38. The summed E-state index contributed by atoms with van der Waals surface area (Å²) in [6.07, 6.45) is 0.697. The predicted octanol–water partition coefficient (Wildman–Crippen LogP) is 4.44. The number of aromatic nitrogens is 1. The van der Waals surface area contributed by atoms with Crippen LogP contribution in [-0.2, 0) is 31.3 Å². The molecule has 3 heterocycles. The van der Waals surface area contributed by atoms with Crippen LogP contribution in [-0.4, -0.2) is 75.4 Å². The highest BCUT2D eigenvalue weighted by Crippen LogP contribution is 2.34. The smallest absolute Gasteiger partial charge is 0.260 e. The number of aromatic hydroxyl groups is 1. The molecule has 53 heavy (non-hydrogen) atoms. The van der Waals surface area contributed by atoms with Gasteiger partial charge in [0.05, 0.1) is 25.3 Å². The number of morpholine rings is 1. The third-order valence-corrected chi connectivity index (χ3v) is 10.5. The van der Waals surface area contributed by atoms with E-state index >= 15 is 0 Å². The Morgan fingerprint density at radius 1 is 0.943 bits per heavy atom. The van der Waals surface area contributed by atoms with Crippen molar-refractivity contribution in [3.63, 3.8) is 0 Å². The molecular formula is C41H44N6O6. The quantitative estimate of drug-likeness (QED) is 0.129. The summed E-state index contributed by atoms with van der Waals surface area (Å²) < 4.78 is 7.41. The van der Waals surface area contributed by atoms with Crippen LogP contribution < -0.4 is 15.9 Å². The molecule has 0 bridgehead atoms. The number of anilines is 2. The number of ether oxygens (including phenoxy) is 1. The fraction of sp³-hybridized carbons (Fsp3) is 0.268. The molecule has 2 atom stereocenters. The maximum Gasteiger partial charge on any atom is 0.260 e. The molecule has 274 valence electrons. The molecule has 12 heteroatoms. The minimum Gasteiger partial charge on any atom is -0.595 e. The number of nitrogens with two attached hydrogens (primary N) is 1. The van der Waals surface area contributed by atoms with Gasteiger partial charge < -0.3 is 35.2 Å². The molecule has 12 nitrogen and oxygen atoms in total. The molecular weight excluding hydrogens is 672 g/mol. The lowest BCUT2D eigenvalue weighted by molar-refractivity contribution is -0.991. The van der Waals surface area contributed by atoms with E-state index in [0.29, 0.717) is 72.2 Å². The number of amides is 2. The number of carbonyl (C=O) groups excluding carboxylic acids is 2. The highest BCUT2D eigenvalue weighted by Gasteiger charge is 2.34. The minimum absolute atomic E-state index is 0.0300. The van der Waals surface area contributed by atoms with E-state index < -0.39 is 5.23 Å². The van der Waals surface area contributed by atoms with Crippen molar-refractivity contribution in [3.05, 3.63) is 136 Å². The summed E-state index contributed by atoms with van der Waals surface area (Å²) in [5.74, 6) is -0.459. The molecule has 1 saturated heterocycles. The molecule has 1 fully saturated rings. The van der Waals surface area contributed by atoms with Gasteiger partial charge in [-0.3, -0.25) is 14.5 Å². The van der Waals surface area contributed by atoms with Gasteiger partial charge in [-0.25, -0.2) is 5.21 Å². The van der Waals surface area contributed by atoms with Crippen LogP contribution in [0.25, 0.3) is 11.3 Å². The highest BCUT2D eigenvalue weighted by atomic mass is 16.8. The molecule has 2 aliphatic heterocycles. The maximum absolute atomic E-state index is 14.8. The van der Waals surface area contributed by atoms with E-state index in [9.17, 15) is 25.1 Å². The second kappa shape index (κ2) is 15.2. The van der Waals surface area contributed by atoms with Crippen LogP contribution in [0.3, 0.4) is 0 Å². The average molecular weight is 717 g/mol. The monoisotopic (exact) mass is 716 g/mol. The molecule has 0 radical (unpaired) electrons. The fourth-order valence-corrected chi connectivity index (χ4v) is 7.38. The predicted molar refractivity (Wildman–Crippen MR) is 202 cm³/mol. The Bertz CT molecular complexity index is 2120. The molecule has 4 aromatic carbocycles. The first kappa shape index (κ1) is 35.9. The summed E-state index contributed by atoms with van der Waals surface area (Å²) in [5.41, 5.74) is 12.8.